The second kappa shape index (κ2) is 6.20. The molecule has 0 aliphatic heterocycles. The van der Waals surface area contributed by atoms with Crippen molar-refractivity contribution < 1.29 is 9.53 Å². The van der Waals surface area contributed by atoms with Crippen LogP contribution in [-0.4, -0.2) is 22.7 Å². The largest absolute Gasteiger partial charge is 0.496 e. The van der Waals surface area contributed by atoms with E-state index in [0.717, 1.165) is 40.4 Å². The monoisotopic (exact) mass is 332 g/mol. The molecule has 4 heteroatoms. The highest BCUT2D eigenvalue weighted by molar-refractivity contribution is 6.00. The molecule has 25 heavy (non-hydrogen) atoms. The van der Waals surface area contributed by atoms with Crippen LogP contribution in [0.4, 0.5) is 0 Å². The minimum absolute atomic E-state index is 0.106. The van der Waals surface area contributed by atoms with Gasteiger partial charge in [0.25, 0.3) is 0 Å². The lowest BCUT2D eigenvalue weighted by Crippen LogP contribution is -2.21. The average molecular weight is 332 g/mol. The number of aromatic nitrogens is 2. The molecule has 0 saturated heterocycles. The van der Waals surface area contributed by atoms with Crippen molar-refractivity contribution in [3.63, 3.8) is 0 Å². The molecular weight excluding hydrogens is 312 g/mol. The van der Waals surface area contributed by atoms with Gasteiger partial charge in [0.1, 0.15) is 5.75 Å². The Labute approximate surface area is 147 Å². The van der Waals surface area contributed by atoms with E-state index in [1.54, 1.807) is 7.11 Å². The summed E-state index contributed by atoms with van der Waals surface area (Å²) >= 11 is 0. The molecule has 1 heterocycles. The van der Waals surface area contributed by atoms with Gasteiger partial charge in [-0.2, -0.15) is 5.10 Å². The summed E-state index contributed by atoms with van der Waals surface area (Å²) in [5, 5.41) is 4.65. The second-order valence-electron chi connectivity index (χ2n) is 6.42. The fourth-order valence-corrected chi connectivity index (χ4v) is 3.76. The highest BCUT2D eigenvalue weighted by Gasteiger charge is 2.33. The molecule has 0 unspecified atom stereocenters. The van der Waals surface area contributed by atoms with E-state index in [0.29, 0.717) is 6.42 Å². The van der Waals surface area contributed by atoms with Gasteiger partial charge in [0.05, 0.1) is 29.7 Å². The number of para-hydroxylation sites is 2. The maximum atomic E-state index is 12.8. The summed E-state index contributed by atoms with van der Waals surface area (Å²) in [6, 6.07) is 18.0. The second-order valence-corrected chi connectivity index (χ2v) is 6.42. The van der Waals surface area contributed by atoms with Crippen LogP contribution >= 0.6 is 0 Å². The number of hydrogen-bond acceptors (Lipinski definition) is 3. The summed E-state index contributed by atoms with van der Waals surface area (Å²) in [4.78, 5) is 12.8. The Morgan fingerprint density at radius 1 is 1.04 bits per heavy atom. The normalized spacial score (nSPS) is 16.6. The summed E-state index contributed by atoms with van der Waals surface area (Å²) in [5.41, 5.74) is 4.66. The Hall–Kier alpha value is -2.88. The number of ketones is 1. The Morgan fingerprint density at radius 3 is 2.52 bits per heavy atom. The van der Waals surface area contributed by atoms with Gasteiger partial charge in [0.2, 0.25) is 0 Å². The van der Waals surface area contributed by atoms with Gasteiger partial charge in [-0.3, -0.25) is 4.79 Å². The zero-order valence-corrected chi connectivity index (χ0v) is 14.4. The SMILES string of the molecule is COc1ccccc1[C@@H]1CC(=O)c2c(C)nn(-c3ccccc3)c2C1. The van der Waals surface area contributed by atoms with Crippen LogP contribution < -0.4 is 4.74 Å². The molecule has 1 aliphatic carbocycles. The first-order chi connectivity index (χ1) is 12.2. The van der Waals surface area contributed by atoms with Crippen molar-refractivity contribution in [3.05, 3.63) is 77.1 Å². The van der Waals surface area contributed by atoms with Crippen molar-refractivity contribution in [3.8, 4) is 11.4 Å². The van der Waals surface area contributed by atoms with Crippen molar-refractivity contribution in [2.45, 2.75) is 25.7 Å². The highest BCUT2D eigenvalue weighted by atomic mass is 16.5. The molecule has 1 aromatic heterocycles. The van der Waals surface area contributed by atoms with Gasteiger partial charge in [0, 0.05) is 12.3 Å². The quantitative estimate of drug-likeness (QED) is 0.725. The van der Waals surface area contributed by atoms with Gasteiger partial charge in [-0.05, 0) is 37.1 Å². The molecule has 126 valence electrons. The Morgan fingerprint density at radius 2 is 1.76 bits per heavy atom. The zero-order chi connectivity index (χ0) is 17.4. The van der Waals surface area contributed by atoms with E-state index in [4.69, 9.17) is 4.74 Å². The van der Waals surface area contributed by atoms with Gasteiger partial charge < -0.3 is 4.74 Å². The van der Waals surface area contributed by atoms with E-state index in [1.807, 2.05) is 60.1 Å². The first-order valence-electron chi connectivity index (χ1n) is 8.49. The van der Waals surface area contributed by atoms with Crippen molar-refractivity contribution in [2.24, 2.45) is 0 Å². The maximum absolute atomic E-state index is 12.8. The molecule has 1 atom stereocenters. The number of Topliss-reactive ketones (excluding diaryl/α,β-unsaturated/α-hetero) is 1. The molecule has 0 N–H and O–H groups in total. The molecule has 0 spiro atoms. The smallest absolute Gasteiger partial charge is 0.167 e. The van der Waals surface area contributed by atoms with E-state index in [1.165, 1.54) is 0 Å². The molecule has 1 aliphatic rings. The van der Waals surface area contributed by atoms with Gasteiger partial charge in [-0.1, -0.05) is 36.4 Å². The molecular formula is C21H20N2O2. The summed E-state index contributed by atoms with van der Waals surface area (Å²) in [7, 11) is 1.67. The Balaban J connectivity index is 1.81. The number of rotatable bonds is 3. The minimum Gasteiger partial charge on any atom is -0.496 e. The number of nitrogens with zero attached hydrogens (tertiary/aromatic N) is 2. The van der Waals surface area contributed by atoms with Crippen molar-refractivity contribution in [2.75, 3.05) is 7.11 Å². The van der Waals surface area contributed by atoms with Crippen LogP contribution in [0.5, 0.6) is 5.75 Å². The van der Waals surface area contributed by atoms with Gasteiger partial charge >= 0.3 is 0 Å². The Kier molecular flexibility index (Phi) is 3.88. The third-order valence-electron chi connectivity index (χ3n) is 4.89. The molecule has 4 nitrogen and oxygen atoms in total. The van der Waals surface area contributed by atoms with E-state index >= 15 is 0 Å². The molecule has 0 amide bonds. The number of carbonyl (C=O) groups excluding carboxylic acids is 1. The van der Waals surface area contributed by atoms with Gasteiger partial charge in [0.15, 0.2) is 5.78 Å². The standard InChI is InChI=1S/C21H20N2O2/c1-14-21-18(23(22-14)16-8-4-3-5-9-16)12-15(13-19(21)24)17-10-6-7-11-20(17)25-2/h3-11,15H,12-13H2,1-2H3/t15-/m0/s1. The van der Waals surface area contributed by atoms with Crippen LogP contribution in [0.3, 0.4) is 0 Å². The van der Waals surface area contributed by atoms with E-state index in [9.17, 15) is 4.79 Å². The fraction of sp³-hybridized carbons (Fsp3) is 0.238. The summed E-state index contributed by atoms with van der Waals surface area (Å²) in [5.74, 6) is 1.11. The number of carbonyl (C=O) groups is 1. The van der Waals surface area contributed by atoms with Crippen LogP contribution in [0.25, 0.3) is 5.69 Å². The first kappa shape index (κ1) is 15.6. The molecule has 2 aromatic carbocycles. The predicted octanol–water partition coefficient (Wildman–Crippen LogP) is 4.10. The molecule has 4 rings (SSSR count). The number of aryl methyl sites for hydroxylation is 1. The fourth-order valence-electron chi connectivity index (χ4n) is 3.76. The Bertz CT molecular complexity index is 928. The molecule has 0 saturated carbocycles. The van der Waals surface area contributed by atoms with Gasteiger partial charge in [-0.25, -0.2) is 4.68 Å². The van der Waals surface area contributed by atoms with Crippen molar-refractivity contribution in [1.29, 1.82) is 0 Å². The van der Waals surface area contributed by atoms with E-state index in [-0.39, 0.29) is 11.7 Å². The summed E-state index contributed by atoms with van der Waals surface area (Å²) in [6.45, 7) is 1.92. The van der Waals surface area contributed by atoms with Crippen LogP contribution in [0.15, 0.2) is 54.6 Å². The van der Waals surface area contributed by atoms with Crippen LogP contribution in [-0.2, 0) is 6.42 Å². The minimum atomic E-state index is 0.106. The van der Waals surface area contributed by atoms with Crippen LogP contribution in [0, 0.1) is 6.92 Å². The lowest BCUT2D eigenvalue weighted by Gasteiger charge is -2.24. The lowest BCUT2D eigenvalue weighted by atomic mass is 9.81. The number of hydrogen-bond donors (Lipinski definition) is 0. The van der Waals surface area contributed by atoms with Crippen LogP contribution in [0.2, 0.25) is 0 Å². The number of fused-ring (bicyclic) bond motifs is 1. The first-order valence-corrected chi connectivity index (χ1v) is 8.49. The highest BCUT2D eigenvalue weighted by Crippen LogP contribution is 2.38. The van der Waals surface area contributed by atoms with Crippen molar-refractivity contribution >= 4 is 5.78 Å². The average Bonchev–Trinajstić information content (AvgIpc) is 2.99. The molecule has 0 fully saturated rings. The molecule has 0 radical (unpaired) electrons. The van der Waals surface area contributed by atoms with Crippen LogP contribution in [0.1, 0.15) is 39.6 Å². The maximum Gasteiger partial charge on any atom is 0.167 e. The molecule has 0 bridgehead atoms. The number of ether oxygens (including phenoxy) is 1. The molecule has 3 aromatic rings. The summed E-state index contributed by atoms with van der Waals surface area (Å²) in [6.07, 6.45) is 1.27. The zero-order valence-electron chi connectivity index (χ0n) is 14.4. The number of methoxy groups -OCH3 is 1. The van der Waals surface area contributed by atoms with E-state index < -0.39 is 0 Å². The topological polar surface area (TPSA) is 44.1 Å². The lowest BCUT2D eigenvalue weighted by molar-refractivity contribution is 0.0963. The van der Waals surface area contributed by atoms with Gasteiger partial charge in [-0.15, -0.1) is 0 Å². The number of benzene rings is 2. The third-order valence-corrected chi connectivity index (χ3v) is 4.89. The van der Waals surface area contributed by atoms with E-state index in [2.05, 4.69) is 11.2 Å². The summed E-state index contributed by atoms with van der Waals surface area (Å²) < 4.78 is 7.43. The van der Waals surface area contributed by atoms with Crippen molar-refractivity contribution in [1.82, 2.24) is 9.78 Å². The predicted molar refractivity (Wildman–Crippen MR) is 96.7 cm³/mol. The third kappa shape index (κ3) is 2.64.